The highest BCUT2D eigenvalue weighted by atomic mass is 19.1. The molecule has 0 spiro atoms. The molecule has 1 aliphatic rings. The van der Waals surface area contributed by atoms with Crippen molar-refractivity contribution in [3.05, 3.63) is 24.0 Å². The Labute approximate surface area is 103 Å². The minimum absolute atomic E-state index is 0.0604. The van der Waals surface area contributed by atoms with Crippen molar-refractivity contribution < 1.29 is 19.1 Å². The van der Waals surface area contributed by atoms with Gasteiger partial charge in [0.05, 0.1) is 5.92 Å². The summed E-state index contributed by atoms with van der Waals surface area (Å²) in [5.41, 5.74) is 0.284. The van der Waals surface area contributed by atoms with E-state index in [4.69, 9.17) is 5.11 Å². The molecule has 2 rings (SSSR count). The van der Waals surface area contributed by atoms with E-state index in [0.29, 0.717) is 19.4 Å². The van der Waals surface area contributed by atoms with Crippen molar-refractivity contribution in [3.63, 3.8) is 0 Å². The van der Waals surface area contributed by atoms with Crippen LogP contribution in [-0.2, 0) is 9.59 Å². The highest BCUT2D eigenvalue weighted by Crippen LogP contribution is 2.20. The third-order valence-electron chi connectivity index (χ3n) is 2.85. The van der Waals surface area contributed by atoms with Gasteiger partial charge in [0.1, 0.15) is 0 Å². The number of halogens is 1. The molecule has 1 fully saturated rings. The van der Waals surface area contributed by atoms with Gasteiger partial charge in [-0.1, -0.05) is 0 Å². The molecule has 2 amide bonds. The van der Waals surface area contributed by atoms with Crippen molar-refractivity contribution in [3.8, 4) is 5.75 Å². The van der Waals surface area contributed by atoms with Gasteiger partial charge in [-0.3, -0.25) is 9.59 Å². The molecule has 6 heteroatoms. The number of carbonyl (C=O) groups excluding carboxylic acids is 2. The predicted molar refractivity (Wildman–Crippen MR) is 62.4 cm³/mol. The maximum Gasteiger partial charge on any atom is 0.229 e. The number of anilines is 1. The van der Waals surface area contributed by atoms with Crippen LogP contribution in [0.5, 0.6) is 5.75 Å². The SMILES string of the molecule is O=C1CCC(C(=O)Nc2ccc(O)c(F)c2)CN1. The molecule has 1 aliphatic heterocycles. The van der Waals surface area contributed by atoms with Crippen LogP contribution in [0.1, 0.15) is 12.8 Å². The van der Waals surface area contributed by atoms with Crippen LogP contribution in [0.2, 0.25) is 0 Å². The van der Waals surface area contributed by atoms with Gasteiger partial charge in [0, 0.05) is 24.7 Å². The van der Waals surface area contributed by atoms with Crippen LogP contribution in [-0.4, -0.2) is 23.5 Å². The molecule has 1 aromatic rings. The lowest BCUT2D eigenvalue weighted by Gasteiger charge is -2.21. The van der Waals surface area contributed by atoms with E-state index in [0.717, 1.165) is 6.07 Å². The van der Waals surface area contributed by atoms with Crippen molar-refractivity contribution in [2.75, 3.05) is 11.9 Å². The minimum atomic E-state index is -0.787. The average molecular weight is 252 g/mol. The van der Waals surface area contributed by atoms with Crippen molar-refractivity contribution in [2.45, 2.75) is 12.8 Å². The zero-order valence-corrected chi connectivity index (χ0v) is 9.57. The maximum absolute atomic E-state index is 13.1. The van der Waals surface area contributed by atoms with Gasteiger partial charge >= 0.3 is 0 Å². The molecular formula is C12H13FN2O3. The standard InChI is InChI=1S/C12H13FN2O3/c13-9-5-8(2-3-10(9)16)15-12(18)7-1-4-11(17)14-6-7/h2-3,5,7,16H,1,4,6H2,(H,14,17)(H,15,18). The number of phenolic OH excluding ortho intramolecular Hbond substituents is 1. The Hall–Kier alpha value is -2.11. The summed E-state index contributed by atoms with van der Waals surface area (Å²) in [5, 5.41) is 14.2. The van der Waals surface area contributed by atoms with Crippen LogP contribution >= 0.6 is 0 Å². The molecular weight excluding hydrogens is 239 g/mol. The van der Waals surface area contributed by atoms with E-state index < -0.39 is 11.6 Å². The summed E-state index contributed by atoms with van der Waals surface area (Å²) in [6, 6.07) is 3.64. The van der Waals surface area contributed by atoms with E-state index in [1.165, 1.54) is 12.1 Å². The zero-order valence-electron chi connectivity index (χ0n) is 9.57. The molecule has 1 atom stereocenters. The van der Waals surface area contributed by atoms with Crippen LogP contribution in [0, 0.1) is 11.7 Å². The topological polar surface area (TPSA) is 78.4 Å². The van der Waals surface area contributed by atoms with Crippen LogP contribution in [0.3, 0.4) is 0 Å². The van der Waals surface area contributed by atoms with Gasteiger partial charge in [-0.15, -0.1) is 0 Å². The largest absolute Gasteiger partial charge is 0.505 e. The third-order valence-corrected chi connectivity index (χ3v) is 2.85. The van der Waals surface area contributed by atoms with Crippen molar-refractivity contribution in [2.24, 2.45) is 5.92 Å². The first-order valence-electron chi connectivity index (χ1n) is 5.62. The van der Waals surface area contributed by atoms with Crippen LogP contribution in [0.15, 0.2) is 18.2 Å². The molecule has 18 heavy (non-hydrogen) atoms. The number of aromatic hydroxyl groups is 1. The van der Waals surface area contributed by atoms with E-state index in [2.05, 4.69) is 10.6 Å². The van der Waals surface area contributed by atoms with Crippen molar-refractivity contribution in [1.82, 2.24) is 5.32 Å². The van der Waals surface area contributed by atoms with E-state index in [1.807, 2.05) is 0 Å². The van der Waals surface area contributed by atoms with Crippen LogP contribution < -0.4 is 10.6 Å². The van der Waals surface area contributed by atoms with E-state index in [9.17, 15) is 14.0 Å². The number of carbonyl (C=O) groups is 2. The van der Waals surface area contributed by atoms with Gasteiger partial charge in [-0.05, 0) is 18.6 Å². The summed E-state index contributed by atoms with van der Waals surface area (Å²) in [5.74, 6) is -1.88. The van der Waals surface area contributed by atoms with E-state index >= 15 is 0 Å². The Kier molecular flexibility index (Phi) is 3.45. The normalized spacial score (nSPS) is 19.2. The molecule has 1 saturated heterocycles. The molecule has 1 unspecified atom stereocenters. The number of rotatable bonds is 2. The molecule has 1 aromatic carbocycles. The number of hydrogen-bond acceptors (Lipinski definition) is 3. The number of nitrogens with one attached hydrogen (secondary N) is 2. The zero-order chi connectivity index (χ0) is 13.1. The van der Waals surface area contributed by atoms with Crippen molar-refractivity contribution >= 4 is 17.5 Å². The van der Waals surface area contributed by atoms with Gasteiger partial charge in [0.2, 0.25) is 11.8 Å². The first-order chi connectivity index (χ1) is 8.56. The molecule has 0 bridgehead atoms. The number of amides is 2. The maximum atomic E-state index is 13.1. The number of benzene rings is 1. The number of hydrogen-bond donors (Lipinski definition) is 3. The molecule has 1 heterocycles. The predicted octanol–water partition coefficient (Wildman–Crippen LogP) is 0.996. The highest BCUT2D eigenvalue weighted by molar-refractivity contribution is 5.94. The average Bonchev–Trinajstić information content (AvgIpc) is 2.34. The third kappa shape index (κ3) is 2.77. The highest BCUT2D eigenvalue weighted by Gasteiger charge is 2.24. The fourth-order valence-corrected chi connectivity index (χ4v) is 1.79. The summed E-state index contributed by atoms with van der Waals surface area (Å²) >= 11 is 0. The van der Waals surface area contributed by atoms with Gasteiger partial charge < -0.3 is 15.7 Å². The summed E-state index contributed by atoms with van der Waals surface area (Å²) in [6.45, 7) is 0.297. The van der Waals surface area contributed by atoms with E-state index in [1.54, 1.807) is 0 Å². The summed E-state index contributed by atoms with van der Waals surface area (Å²) in [4.78, 5) is 22.8. The summed E-state index contributed by atoms with van der Waals surface area (Å²) in [7, 11) is 0. The fourth-order valence-electron chi connectivity index (χ4n) is 1.79. The van der Waals surface area contributed by atoms with Crippen LogP contribution in [0.4, 0.5) is 10.1 Å². The smallest absolute Gasteiger partial charge is 0.229 e. The second kappa shape index (κ2) is 5.03. The number of phenols is 1. The van der Waals surface area contributed by atoms with Gasteiger partial charge in [-0.2, -0.15) is 0 Å². The molecule has 0 aromatic heterocycles. The summed E-state index contributed by atoms with van der Waals surface area (Å²) < 4.78 is 13.1. The second-order valence-electron chi connectivity index (χ2n) is 4.20. The monoisotopic (exact) mass is 252 g/mol. The lowest BCUT2D eigenvalue weighted by atomic mass is 9.98. The Morgan fingerprint density at radius 1 is 1.50 bits per heavy atom. The van der Waals surface area contributed by atoms with Crippen molar-refractivity contribution in [1.29, 1.82) is 0 Å². The molecule has 0 radical (unpaired) electrons. The first kappa shape index (κ1) is 12.3. The number of piperidine rings is 1. The van der Waals surface area contributed by atoms with Crippen LogP contribution in [0.25, 0.3) is 0 Å². The molecule has 5 nitrogen and oxygen atoms in total. The minimum Gasteiger partial charge on any atom is -0.505 e. The Bertz CT molecular complexity index is 480. The first-order valence-corrected chi connectivity index (χ1v) is 5.62. The quantitative estimate of drug-likeness (QED) is 0.687. The van der Waals surface area contributed by atoms with Gasteiger partial charge in [-0.25, -0.2) is 4.39 Å². The molecule has 96 valence electrons. The fraction of sp³-hybridized carbons (Fsp3) is 0.333. The lowest BCUT2D eigenvalue weighted by molar-refractivity contribution is -0.126. The lowest BCUT2D eigenvalue weighted by Crippen LogP contribution is -2.40. The Morgan fingerprint density at radius 2 is 2.28 bits per heavy atom. The molecule has 0 saturated carbocycles. The molecule has 0 aliphatic carbocycles. The molecule has 3 N–H and O–H groups in total. The summed E-state index contributed by atoms with van der Waals surface area (Å²) in [6.07, 6.45) is 0.806. The Morgan fingerprint density at radius 3 is 2.89 bits per heavy atom. The van der Waals surface area contributed by atoms with Gasteiger partial charge in [0.25, 0.3) is 0 Å². The van der Waals surface area contributed by atoms with E-state index in [-0.39, 0.29) is 23.4 Å². The van der Waals surface area contributed by atoms with Gasteiger partial charge in [0.15, 0.2) is 11.6 Å². The Balaban J connectivity index is 1.98. The second-order valence-corrected chi connectivity index (χ2v) is 4.20.